The minimum atomic E-state index is 0.0780. The van der Waals surface area contributed by atoms with Gasteiger partial charge in [0.2, 0.25) is 0 Å². The van der Waals surface area contributed by atoms with Gasteiger partial charge in [0.25, 0.3) is 0 Å². The Labute approximate surface area is 142 Å². The number of benzene rings is 1. The quantitative estimate of drug-likeness (QED) is 0.913. The highest BCUT2D eigenvalue weighted by Gasteiger charge is 2.25. The van der Waals surface area contributed by atoms with Crippen molar-refractivity contribution in [3.05, 3.63) is 47.5 Å². The van der Waals surface area contributed by atoms with Crippen molar-refractivity contribution < 1.29 is 9.47 Å². The van der Waals surface area contributed by atoms with E-state index in [0.29, 0.717) is 17.4 Å². The number of hydrogen-bond acceptors (Lipinski definition) is 5. The smallest absolute Gasteiger partial charge is 0.136 e. The van der Waals surface area contributed by atoms with Crippen molar-refractivity contribution in [3.63, 3.8) is 0 Å². The van der Waals surface area contributed by atoms with Crippen molar-refractivity contribution in [2.75, 3.05) is 13.7 Å². The number of nitriles is 1. The van der Waals surface area contributed by atoms with E-state index in [2.05, 4.69) is 16.4 Å². The number of nitrogens with zero attached hydrogens (tertiary/aromatic N) is 3. The van der Waals surface area contributed by atoms with E-state index >= 15 is 0 Å². The zero-order valence-corrected chi connectivity index (χ0v) is 14.0. The number of aryl methyl sites for hydroxylation is 1. The number of rotatable bonds is 5. The Morgan fingerprint density at radius 2 is 2.38 bits per heavy atom. The van der Waals surface area contributed by atoms with Gasteiger partial charge in [-0.15, -0.1) is 0 Å². The molecule has 0 amide bonds. The third kappa shape index (κ3) is 3.58. The van der Waals surface area contributed by atoms with Crippen LogP contribution in [0.1, 0.15) is 35.8 Å². The summed E-state index contributed by atoms with van der Waals surface area (Å²) in [5, 5.41) is 12.8. The van der Waals surface area contributed by atoms with Crippen molar-refractivity contribution in [3.8, 4) is 11.8 Å². The maximum absolute atomic E-state index is 9.18. The Hall–Kier alpha value is -2.36. The van der Waals surface area contributed by atoms with Gasteiger partial charge in [-0.25, -0.2) is 4.98 Å². The molecule has 0 saturated carbocycles. The van der Waals surface area contributed by atoms with Crippen LogP contribution < -0.4 is 10.1 Å². The summed E-state index contributed by atoms with van der Waals surface area (Å²) in [6, 6.07) is 8.27. The van der Waals surface area contributed by atoms with Gasteiger partial charge >= 0.3 is 0 Å². The average molecular weight is 326 g/mol. The molecule has 24 heavy (non-hydrogen) atoms. The molecule has 2 atom stereocenters. The molecule has 6 nitrogen and oxygen atoms in total. The fourth-order valence-electron chi connectivity index (χ4n) is 3.08. The Kier molecular flexibility index (Phi) is 5.14. The molecule has 2 aromatic rings. The van der Waals surface area contributed by atoms with E-state index < -0.39 is 0 Å². The Balaban J connectivity index is 1.60. The normalized spacial score (nSPS) is 20.5. The summed E-state index contributed by atoms with van der Waals surface area (Å²) in [6.45, 7) is 1.46. The Bertz CT molecular complexity index is 735. The highest BCUT2D eigenvalue weighted by molar-refractivity contribution is 5.45. The van der Waals surface area contributed by atoms with E-state index in [-0.39, 0.29) is 6.10 Å². The lowest BCUT2D eigenvalue weighted by Gasteiger charge is -2.30. The number of methoxy groups -OCH3 is 1. The van der Waals surface area contributed by atoms with E-state index in [4.69, 9.17) is 9.47 Å². The van der Waals surface area contributed by atoms with Gasteiger partial charge in [0.05, 0.1) is 30.9 Å². The first-order valence-corrected chi connectivity index (χ1v) is 8.09. The molecule has 1 aromatic heterocycles. The largest absolute Gasteiger partial charge is 0.495 e. The summed E-state index contributed by atoms with van der Waals surface area (Å²) in [6.07, 6.45) is 5.65. The van der Waals surface area contributed by atoms with Gasteiger partial charge < -0.3 is 19.4 Å². The molecule has 126 valence electrons. The monoisotopic (exact) mass is 326 g/mol. The molecule has 1 aliphatic rings. The highest BCUT2D eigenvalue weighted by atomic mass is 16.5. The van der Waals surface area contributed by atoms with Crippen LogP contribution in [0.15, 0.2) is 30.7 Å². The molecule has 0 bridgehead atoms. The molecule has 1 aliphatic heterocycles. The molecule has 3 rings (SSSR count). The molecule has 1 aromatic carbocycles. The van der Waals surface area contributed by atoms with Gasteiger partial charge in [-0.1, -0.05) is 6.07 Å². The average Bonchev–Trinajstić information content (AvgIpc) is 3.06. The molecule has 0 spiro atoms. The standard InChI is InChI=1S/C18H22N4O2/c1-22-12-20-11-16(22)18-8-15(5-6-24-18)21-10-13-3-4-17(23-2)14(7-13)9-19/h3-4,7,11-12,15,18,21H,5-6,8,10H2,1-2H3/t15-,18+/m1/s1. The SMILES string of the molecule is COc1ccc(CN[C@@H]2CCO[C@H](c3cncn3C)C2)cc1C#N. The van der Waals surface area contributed by atoms with Crippen molar-refractivity contribution >= 4 is 0 Å². The first-order valence-electron chi connectivity index (χ1n) is 8.09. The number of aromatic nitrogens is 2. The Morgan fingerprint density at radius 1 is 1.50 bits per heavy atom. The van der Waals surface area contributed by atoms with Crippen molar-refractivity contribution in [2.24, 2.45) is 7.05 Å². The first kappa shape index (κ1) is 16.5. The van der Waals surface area contributed by atoms with Crippen LogP contribution in [0.4, 0.5) is 0 Å². The first-order chi connectivity index (χ1) is 11.7. The molecule has 1 fully saturated rings. The van der Waals surface area contributed by atoms with Gasteiger partial charge in [0.1, 0.15) is 17.9 Å². The van der Waals surface area contributed by atoms with Crippen LogP contribution in [0.2, 0.25) is 0 Å². The zero-order valence-electron chi connectivity index (χ0n) is 14.0. The topological polar surface area (TPSA) is 72.1 Å². The molecule has 6 heteroatoms. The lowest BCUT2D eigenvalue weighted by atomic mass is 10.0. The van der Waals surface area contributed by atoms with Gasteiger partial charge in [0, 0.05) is 26.2 Å². The zero-order chi connectivity index (χ0) is 16.9. The number of nitrogens with one attached hydrogen (secondary N) is 1. The minimum Gasteiger partial charge on any atom is -0.495 e. The van der Waals surface area contributed by atoms with E-state index in [9.17, 15) is 5.26 Å². The second kappa shape index (κ2) is 7.47. The predicted molar refractivity (Wildman–Crippen MR) is 89.5 cm³/mol. The predicted octanol–water partition coefficient (Wildman–Crippen LogP) is 2.31. The van der Waals surface area contributed by atoms with Crippen LogP contribution in [0, 0.1) is 11.3 Å². The van der Waals surface area contributed by atoms with E-state index in [1.54, 1.807) is 13.4 Å². The van der Waals surface area contributed by atoms with Crippen LogP contribution in [-0.2, 0) is 18.3 Å². The van der Waals surface area contributed by atoms with Gasteiger partial charge in [-0.3, -0.25) is 0 Å². The Morgan fingerprint density at radius 3 is 3.08 bits per heavy atom. The lowest BCUT2D eigenvalue weighted by molar-refractivity contribution is -0.00404. The van der Waals surface area contributed by atoms with Crippen LogP contribution in [0.3, 0.4) is 0 Å². The number of imidazole rings is 1. The fourth-order valence-corrected chi connectivity index (χ4v) is 3.08. The van der Waals surface area contributed by atoms with Crippen LogP contribution >= 0.6 is 0 Å². The van der Waals surface area contributed by atoms with Crippen molar-refractivity contribution in [2.45, 2.75) is 31.5 Å². The fraction of sp³-hybridized carbons (Fsp3) is 0.444. The highest BCUT2D eigenvalue weighted by Crippen LogP contribution is 2.28. The summed E-state index contributed by atoms with van der Waals surface area (Å²) < 4.78 is 13.1. The third-order valence-corrected chi connectivity index (χ3v) is 4.45. The van der Waals surface area contributed by atoms with Crippen LogP contribution in [0.25, 0.3) is 0 Å². The number of hydrogen-bond donors (Lipinski definition) is 1. The van der Waals surface area contributed by atoms with Gasteiger partial charge in [-0.05, 0) is 30.5 Å². The molecule has 0 radical (unpaired) electrons. The molecule has 1 saturated heterocycles. The number of ether oxygens (including phenoxy) is 2. The minimum absolute atomic E-state index is 0.0780. The molecule has 2 heterocycles. The van der Waals surface area contributed by atoms with E-state index in [1.165, 1.54) is 0 Å². The molecular weight excluding hydrogens is 304 g/mol. The van der Waals surface area contributed by atoms with Gasteiger partial charge in [0.15, 0.2) is 0 Å². The second-order valence-corrected chi connectivity index (χ2v) is 6.04. The summed E-state index contributed by atoms with van der Waals surface area (Å²) in [7, 11) is 3.57. The van der Waals surface area contributed by atoms with Crippen LogP contribution in [0.5, 0.6) is 5.75 Å². The summed E-state index contributed by atoms with van der Waals surface area (Å²) in [4.78, 5) is 4.17. The molecule has 0 unspecified atom stereocenters. The lowest BCUT2D eigenvalue weighted by Crippen LogP contribution is -2.36. The molecular formula is C18H22N4O2. The third-order valence-electron chi connectivity index (χ3n) is 4.45. The maximum atomic E-state index is 9.18. The summed E-state index contributed by atoms with van der Waals surface area (Å²) in [5.74, 6) is 0.614. The maximum Gasteiger partial charge on any atom is 0.136 e. The summed E-state index contributed by atoms with van der Waals surface area (Å²) in [5.41, 5.74) is 2.75. The van der Waals surface area contributed by atoms with Crippen LogP contribution in [-0.4, -0.2) is 29.3 Å². The molecule has 1 N–H and O–H groups in total. The van der Waals surface area contributed by atoms with Gasteiger partial charge in [-0.2, -0.15) is 5.26 Å². The molecule has 0 aliphatic carbocycles. The summed E-state index contributed by atoms with van der Waals surface area (Å²) >= 11 is 0. The van der Waals surface area contributed by atoms with E-state index in [1.807, 2.05) is 36.0 Å². The van der Waals surface area contributed by atoms with Crippen molar-refractivity contribution in [1.82, 2.24) is 14.9 Å². The second-order valence-electron chi connectivity index (χ2n) is 6.04. The van der Waals surface area contributed by atoms with E-state index in [0.717, 1.165) is 37.3 Å². The van der Waals surface area contributed by atoms with Crippen molar-refractivity contribution in [1.29, 1.82) is 5.26 Å².